The molecule has 0 saturated heterocycles. The fraction of sp³-hybridized carbons (Fsp3) is 0.565. The molecule has 0 spiro atoms. The monoisotopic (exact) mass is 384 g/mol. The van der Waals surface area contributed by atoms with Gasteiger partial charge in [-0.05, 0) is 36.0 Å². The number of aromatic hydroxyl groups is 1. The van der Waals surface area contributed by atoms with Crippen molar-refractivity contribution in [2.45, 2.75) is 82.1 Å². The highest BCUT2D eigenvalue weighted by molar-refractivity contribution is 7.99. The van der Waals surface area contributed by atoms with Gasteiger partial charge in [-0.2, -0.15) is 11.8 Å². The highest BCUT2D eigenvalue weighted by Crippen LogP contribution is 2.39. The molecule has 0 unspecified atom stereocenters. The Morgan fingerprint density at radius 1 is 1.00 bits per heavy atom. The third kappa shape index (κ3) is 5.47. The quantitative estimate of drug-likeness (QED) is 0.654. The molecule has 27 heavy (non-hydrogen) atoms. The minimum Gasteiger partial charge on any atom is -0.507 e. The van der Waals surface area contributed by atoms with Gasteiger partial charge < -0.3 is 5.11 Å². The normalized spacial score (nSPS) is 16.7. The summed E-state index contributed by atoms with van der Waals surface area (Å²) in [5.41, 5.74) is 2.99. The predicted molar refractivity (Wildman–Crippen MR) is 115 cm³/mol. The van der Waals surface area contributed by atoms with Crippen molar-refractivity contribution in [3.8, 4) is 17.1 Å². The predicted octanol–water partition coefficient (Wildman–Crippen LogP) is 6.49. The topological polar surface area (TPSA) is 46.0 Å². The molecule has 1 aliphatic rings. The van der Waals surface area contributed by atoms with Crippen LogP contribution in [-0.2, 0) is 11.2 Å². The molecular weight excluding hydrogens is 352 g/mol. The van der Waals surface area contributed by atoms with Gasteiger partial charge in [-0.3, -0.25) is 0 Å². The Balaban J connectivity index is 1.87. The lowest BCUT2D eigenvalue weighted by molar-refractivity contribution is 0.470. The van der Waals surface area contributed by atoms with Crippen molar-refractivity contribution in [3.63, 3.8) is 0 Å². The van der Waals surface area contributed by atoms with E-state index in [0.29, 0.717) is 16.8 Å². The van der Waals surface area contributed by atoms with Gasteiger partial charge in [0.05, 0.1) is 5.56 Å². The van der Waals surface area contributed by atoms with Gasteiger partial charge >= 0.3 is 0 Å². The summed E-state index contributed by atoms with van der Waals surface area (Å²) in [4.78, 5) is 8.74. The fourth-order valence-electron chi connectivity index (χ4n) is 3.64. The van der Waals surface area contributed by atoms with E-state index >= 15 is 0 Å². The van der Waals surface area contributed by atoms with Crippen LogP contribution in [0, 0.1) is 0 Å². The highest BCUT2D eigenvalue weighted by atomic mass is 32.2. The van der Waals surface area contributed by atoms with Crippen LogP contribution in [-0.4, -0.2) is 20.3 Å². The summed E-state index contributed by atoms with van der Waals surface area (Å²) >= 11 is 2.01. The Morgan fingerprint density at radius 3 is 2.26 bits per heavy atom. The largest absolute Gasteiger partial charge is 0.507 e. The van der Waals surface area contributed by atoms with Crippen LogP contribution in [0.5, 0.6) is 5.75 Å². The molecule has 4 heteroatoms. The van der Waals surface area contributed by atoms with E-state index in [9.17, 15) is 5.11 Å². The maximum Gasteiger partial charge on any atom is 0.162 e. The number of hydrogen-bond acceptors (Lipinski definition) is 4. The molecule has 0 radical (unpaired) electrons. The molecule has 1 heterocycles. The number of aromatic nitrogens is 2. The summed E-state index contributed by atoms with van der Waals surface area (Å²) in [5.74, 6) is 1.78. The Labute approximate surface area is 168 Å². The molecule has 2 aromatic rings. The van der Waals surface area contributed by atoms with Crippen LogP contribution in [0.15, 0.2) is 30.6 Å². The van der Waals surface area contributed by atoms with E-state index in [0.717, 1.165) is 16.9 Å². The molecule has 3 rings (SSSR count). The first-order valence-electron chi connectivity index (χ1n) is 10.2. The van der Waals surface area contributed by atoms with E-state index in [-0.39, 0.29) is 5.41 Å². The van der Waals surface area contributed by atoms with Gasteiger partial charge in [-0.1, -0.05) is 58.9 Å². The zero-order valence-electron chi connectivity index (χ0n) is 16.9. The van der Waals surface area contributed by atoms with Crippen molar-refractivity contribution in [2.75, 3.05) is 0 Å². The summed E-state index contributed by atoms with van der Waals surface area (Å²) in [6, 6.07) is 6.03. The third-order valence-corrected chi connectivity index (χ3v) is 6.81. The summed E-state index contributed by atoms with van der Waals surface area (Å²) < 4.78 is 0. The minimum atomic E-state index is 0.0108. The second-order valence-electron chi connectivity index (χ2n) is 8.63. The van der Waals surface area contributed by atoms with E-state index < -0.39 is 0 Å². The number of nitrogens with zero attached hydrogens (tertiary/aromatic N) is 2. The molecule has 3 nitrogen and oxygen atoms in total. The zero-order valence-corrected chi connectivity index (χ0v) is 17.7. The highest BCUT2D eigenvalue weighted by Gasteiger charge is 2.21. The summed E-state index contributed by atoms with van der Waals surface area (Å²) in [5, 5.41) is 11.7. The van der Waals surface area contributed by atoms with Crippen LogP contribution in [0.3, 0.4) is 0 Å². The molecule has 0 aliphatic heterocycles. The van der Waals surface area contributed by atoms with Crippen molar-refractivity contribution in [1.29, 1.82) is 0 Å². The van der Waals surface area contributed by atoms with Crippen LogP contribution >= 0.6 is 11.8 Å². The number of benzene rings is 1. The number of phenols is 1. The first kappa shape index (κ1) is 20.2. The Bertz CT molecular complexity index is 732. The van der Waals surface area contributed by atoms with Gasteiger partial charge in [-0.25, -0.2) is 9.97 Å². The van der Waals surface area contributed by atoms with Crippen molar-refractivity contribution in [1.82, 2.24) is 9.97 Å². The van der Waals surface area contributed by atoms with E-state index in [1.807, 2.05) is 11.8 Å². The first-order valence-corrected chi connectivity index (χ1v) is 11.3. The van der Waals surface area contributed by atoms with Crippen LogP contribution in [0.1, 0.15) is 76.8 Å². The average Bonchev–Trinajstić information content (AvgIpc) is 2.61. The average molecular weight is 385 g/mol. The van der Waals surface area contributed by atoms with Crippen LogP contribution in [0.2, 0.25) is 0 Å². The number of thioether (sulfide) groups is 1. The van der Waals surface area contributed by atoms with Gasteiger partial charge in [0.1, 0.15) is 5.75 Å². The third-order valence-electron chi connectivity index (χ3n) is 5.39. The fourth-order valence-corrected chi connectivity index (χ4v) is 4.94. The van der Waals surface area contributed by atoms with Crippen LogP contribution in [0.4, 0.5) is 0 Å². The van der Waals surface area contributed by atoms with Crippen molar-refractivity contribution < 1.29 is 5.11 Å². The smallest absolute Gasteiger partial charge is 0.162 e. The molecule has 0 atom stereocenters. The molecule has 146 valence electrons. The van der Waals surface area contributed by atoms with Gasteiger partial charge in [0.2, 0.25) is 0 Å². The Kier molecular flexibility index (Phi) is 6.80. The van der Waals surface area contributed by atoms with Crippen molar-refractivity contribution in [2.24, 2.45) is 0 Å². The van der Waals surface area contributed by atoms with Gasteiger partial charge in [0, 0.05) is 29.0 Å². The molecule has 1 fully saturated rings. The Hall–Kier alpha value is -1.55. The number of rotatable bonds is 4. The van der Waals surface area contributed by atoms with Gasteiger partial charge in [-0.15, -0.1) is 0 Å². The lowest BCUT2D eigenvalue weighted by Gasteiger charge is -2.23. The summed E-state index contributed by atoms with van der Waals surface area (Å²) in [7, 11) is 0. The minimum absolute atomic E-state index is 0.0108. The molecule has 1 N–H and O–H groups in total. The molecule has 1 saturated carbocycles. The standard InChI is InChI=1S/C23H32N2OS/c1-23(2,3)18-14-17(16-27-19-10-7-5-4-6-8-11-19)21(26)20(15-18)22-24-12-9-13-25-22/h9,12-15,19,26H,4-8,10-11,16H2,1-3H3. The summed E-state index contributed by atoms with van der Waals surface area (Å²) in [6.07, 6.45) is 12.9. The van der Waals surface area contributed by atoms with Gasteiger partial charge in [0.25, 0.3) is 0 Å². The van der Waals surface area contributed by atoms with Crippen molar-refractivity contribution in [3.05, 3.63) is 41.7 Å². The molecule has 0 bridgehead atoms. The lowest BCUT2D eigenvalue weighted by atomic mass is 9.84. The maximum absolute atomic E-state index is 11.0. The summed E-state index contributed by atoms with van der Waals surface area (Å²) in [6.45, 7) is 6.63. The Morgan fingerprint density at radius 2 is 1.63 bits per heavy atom. The van der Waals surface area contributed by atoms with E-state index in [4.69, 9.17) is 0 Å². The van der Waals surface area contributed by atoms with E-state index in [2.05, 4.69) is 42.9 Å². The van der Waals surface area contributed by atoms with Gasteiger partial charge in [0.15, 0.2) is 5.82 Å². The molecule has 0 amide bonds. The zero-order chi connectivity index (χ0) is 19.3. The van der Waals surface area contributed by atoms with Crippen molar-refractivity contribution >= 4 is 11.8 Å². The van der Waals surface area contributed by atoms with Crippen LogP contribution in [0.25, 0.3) is 11.4 Å². The second kappa shape index (κ2) is 9.09. The first-order chi connectivity index (χ1) is 12.9. The number of hydrogen-bond donors (Lipinski definition) is 1. The van der Waals surface area contributed by atoms with E-state index in [1.54, 1.807) is 18.5 Å². The van der Waals surface area contributed by atoms with E-state index in [1.165, 1.54) is 50.5 Å². The molecule has 1 aromatic heterocycles. The second-order valence-corrected chi connectivity index (χ2v) is 9.92. The molecular formula is C23H32N2OS. The SMILES string of the molecule is CC(C)(C)c1cc(CSC2CCCCCCC2)c(O)c(-c2ncccn2)c1. The molecule has 1 aliphatic carbocycles. The van der Waals surface area contributed by atoms with Crippen LogP contribution < -0.4 is 0 Å². The lowest BCUT2D eigenvalue weighted by Crippen LogP contribution is -2.12. The molecule has 1 aromatic carbocycles. The maximum atomic E-state index is 11.0. The number of phenolic OH excluding ortho intramolecular Hbond substituents is 1.